The van der Waals surface area contributed by atoms with Gasteiger partial charge in [0.1, 0.15) is 5.82 Å². The number of anilines is 1. The second-order valence-corrected chi connectivity index (χ2v) is 7.76. The van der Waals surface area contributed by atoms with E-state index in [-0.39, 0.29) is 5.56 Å². The summed E-state index contributed by atoms with van der Waals surface area (Å²) in [7, 11) is 0. The van der Waals surface area contributed by atoms with E-state index in [0.717, 1.165) is 29.7 Å². The Hall–Kier alpha value is -1.76. The summed E-state index contributed by atoms with van der Waals surface area (Å²) in [6.45, 7) is 2.60. The van der Waals surface area contributed by atoms with Gasteiger partial charge in [-0.1, -0.05) is 0 Å². The minimum absolute atomic E-state index is 0.0137. The van der Waals surface area contributed by atoms with Crippen LogP contribution in [0.15, 0.2) is 16.9 Å². The number of aromatic nitrogens is 4. The molecule has 120 valence electrons. The third-order valence-corrected chi connectivity index (χ3v) is 5.71. The summed E-state index contributed by atoms with van der Waals surface area (Å²) < 4.78 is 6.12. The van der Waals surface area contributed by atoms with E-state index in [1.807, 2.05) is 6.07 Å². The number of hydrogen-bond donors (Lipinski definition) is 0. The summed E-state index contributed by atoms with van der Waals surface area (Å²) in [5.41, 5.74) is 1.10. The summed E-state index contributed by atoms with van der Waals surface area (Å²) in [5, 5.41) is 5.59. The number of rotatable bonds is 5. The molecule has 3 fully saturated rings. The smallest absolute Gasteiger partial charge is 0.266 e. The third kappa shape index (κ3) is 2.67. The van der Waals surface area contributed by atoms with Crippen molar-refractivity contribution in [2.75, 3.05) is 18.0 Å². The van der Waals surface area contributed by atoms with E-state index >= 15 is 0 Å². The highest BCUT2D eigenvalue weighted by molar-refractivity contribution is 7.09. The largest absolute Gasteiger partial charge is 0.346 e. The highest BCUT2D eigenvalue weighted by atomic mass is 32.1. The molecule has 5 rings (SSSR count). The van der Waals surface area contributed by atoms with Crippen LogP contribution in [0.1, 0.15) is 49.0 Å². The summed E-state index contributed by atoms with van der Waals surface area (Å²) in [4.78, 5) is 18.9. The fourth-order valence-electron chi connectivity index (χ4n) is 3.14. The lowest BCUT2D eigenvalue weighted by atomic mass is 10.0. The van der Waals surface area contributed by atoms with E-state index in [4.69, 9.17) is 0 Å². The van der Waals surface area contributed by atoms with E-state index in [1.165, 1.54) is 37.2 Å². The van der Waals surface area contributed by atoms with E-state index in [9.17, 15) is 4.79 Å². The van der Waals surface area contributed by atoms with Crippen molar-refractivity contribution >= 4 is 16.7 Å². The van der Waals surface area contributed by atoms with Crippen LogP contribution in [0.3, 0.4) is 0 Å². The molecule has 0 spiro atoms. The average Bonchev–Trinajstić information content (AvgIpc) is 3.43. The van der Waals surface area contributed by atoms with E-state index in [0.29, 0.717) is 24.3 Å². The molecule has 2 aromatic rings. The minimum Gasteiger partial charge on any atom is -0.346 e. The van der Waals surface area contributed by atoms with Crippen molar-refractivity contribution in [2.45, 2.75) is 44.1 Å². The molecule has 1 saturated heterocycles. The molecule has 0 N–H and O–H groups in total. The van der Waals surface area contributed by atoms with Gasteiger partial charge < -0.3 is 4.90 Å². The summed E-state index contributed by atoms with van der Waals surface area (Å²) in [6.07, 6.45) is 4.90. The molecular weight excluding hydrogens is 310 g/mol. The van der Waals surface area contributed by atoms with Gasteiger partial charge in [-0.2, -0.15) is 9.47 Å². The van der Waals surface area contributed by atoms with Crippen LogP contribution < -0.4 is 10.5 Å². The van der Waals surface area contributed by atoms with Crippen LogP contribution in [0.5, 0.6) is 0 Å². The fourth-order valence-corrected chi connectivity index (χ4v) is 3.90. The molecule has 7 heteroatoms. The highest BCUT2D eigenvalue weighted by Gasteiger charge is 2.33. The van der Waals surface area contributed by atoms with Gasteiger partial charge in [0, 0.05) is 48.4 Å². The Morgan fingerprint density at radius 2 is 1.91 bits per heavy atom. The zero-order valence-corrected chi connectivity index (χ0v) is 13.7. The molecule has 0 aromatic carbocycles. The quantitative estimate of drug-likeness (QED) is 0.839. The SMILES string of the molecule is O=c1ccc(C2CC2)nn1CC1CN(c2nc(C3CC3)ns2)C1. The van der Waals surface area contributed by atoms with Gasteiger partial charge in [-0.25, -0.2) is 9.67 Å². The fraction of sp³-hybridized carbons (Fsp3) is 0.625. The van der Waals surface area contributed by atoms with Gasteiger partial charge in [-0.3, -0.25) is 4.79 Å². The maximum Gasteiger partial charge on any atom is 0.266 e. The van der Waals surface area contributed by atoms with Gasteiger partial charge in [-0.05, 0) is 31.7 Å². The van der Waals surface area contributed by atoms with Crippen LogP contribution in [0, 0.1) is 5.92 Å². The Bertz CT molecular complexity index is 786. The molecule has 0 atom stereocenters. The van der Waals surface area contributed by atoms with Crippen molar-refractivity contribution in [3.8, 4) is 0 Å². The summed E-state index contributed by atoms with van der Waals surface area (Å²) in [6, 6.07) is 3.56. The van der Waals surface area contributed by atoms with E-state index < -0.39 is 0 Å². The van der Waals surface area contributed by atoms with Crippen LogP contribution in [-0.4, -0.2) is 32.2 Å². The molecule has 23 heavy (non-hydrogen) atoms. The molecule has 0 unspecified atom stereocenters. The van der Waals surface area contributed by atoms with Crippen molar-refractivity contribution < 1.29 is 0 Å². The Morgan fingerprint density at radius 1 is 1.13 bits per heavy atom. The average molecular weight is 329 g/mol. The molecule has 1 aliphatic heterocycles. The summed E-state index contributed by atoms with van der Waals surface area (Å²) in [5.74, 6) is 2.71. The van der Waals surface area contributed by atoms with Gasteiger partial charge in [0.25, 0.3) is 5.56 Å². The maximum atomic E-state index is 12.0. The third-order valence-electron chi connectivity index (χ3n) is 4.92. The van der Waals surface area contributed by atoms with Gasteiger partial charge in [0.05, 0.1) is 12.2 Å². The molecule has 0 amide bonds. The predicted octanol–water partition coefficient (Wildman–Crippen LogP) is 1.99. The van der Waals surface area contributed by atoms with Gasteiger partial charge in [-0.15, -0.1) is 0 Å². The molecule has 2 saturated carbocycles. The van der Waals surface area contributed by atoms with Crippen molar-refractivity contribution in [3.05, 3.63) is 34.0 Å². The van der Waals surface area contributed by atoms with Crippen molar-refractivity contribution in [1.82, 2.24) is 19.1 Å². The van der Waals surface area contributed by atoms with Gasteiger partial charge in [0.15, 0.2) is 0 Å². The lowest BCUT2D eigenvalue weighted by molar-refractivity contribution is 0.332. The van der Waals surface area contributed by atoms with Crippen LogP contribution in [0.4, 0.5) is 5.13 Å². The number of hydrogen-bond acceptors (Lipinski definition) is 6. The standard InChI is InChI=1S/C16H19N5OS/c22-14-6-5-13(11-1-2-11)18-21(14)9-10-7-20(8-10)16-17-15(19-23-16)12-3-4-12/h5-6,10-12H,1-4,7-9H2. The molecular formula is C16H19N5OS. The topological polar surface area (TPSA) is 63.9 Å². The first kappa shape index (κ1) is 13.7. The second kappa shape index (κ2) is 5.12. The first-order chi connectivity index (χ1) is 11.3. The molecule has 3 heterocycles. The van der Waals surface area contributed by atoms with Gasteiger partial charge in [0.2, 0.25) is 5.13 Å². The zero-order chi connectivity index (χ0) is 15.4. The predicted molar refractivity (Wildman–Crippen MR) is 88.1 cm³/mol. The van der Waals surface area contributed by atoms with Crippen molar-refractivity contribution in [2.24, 2.45) is 5.92 Å². The minimum atomic E-state index is 0.0137. The first-order valence-corrected chi connectivity index (χ1v) is 9.20. The van der Waals surface area contributed by atoms with Gasteiger partial charge >= 0.3 is 0 Å². The lowest BCUT2D eigenvalue weighted by Gasteiger charge is -2.38. The Morgan fingerprint density at radius 3 is 2.65 bits per heavy atom. The monoisotopic (exact) mass is 329 g/mol. The second-order valence-electron chi connectivity index (χ2n) is 7.03. The van der Waals surface area contributed by atoms with Crippen LogP contribution in [-0.2, 0) is 6.54 Å². The van der Waals surface area contributed by atoms with Crippen molar-refractivity contribution in [1.29, 1.82) is 0 Å². The molecule has 2 aromatic heterocycles. The Kier molecular flexibility index (Phi) is 3.04. The van der Waals surface area contributed by atoms with Crippen LogP contribution in [0.2, 0.25) is 0 Å². The molecule has 6 nitrogen and oxygen atoms in total. The summed E-state index contributed by atoms with van der Waals surface area (Å²) >= 11 is 1.51. The Balaban J connectivity index is 1.23. The Labute approximate surface area is 138 Å². The van der Waals surface area contributed by atoms with Crippen LogP contribution >= 0.6 is 11.5 Å². The highest BCUT2D eigenvalue weighted by Crippen LogP contribution is 2.40. The van der Waals surface area contributed by atoms with E-state index in [2.05, 4.69) is 19.4 Å². The lowest BCUT2D eigenvalue weighted by Crippen LogP contribution is -2.49. The van der Waals surface area contributed by atoms with Crippen LogP contribution in [0.25, 0.3) is 0 Å². The van der Waals surface area contributed by atoms with Crippen molar-refractivity contribution in [3.63, 3.8) is 0 Å². The maximum absolute atomic E-state index is 12.0. The first-order valence-electron chi connectivity index (χ1n) is 8.43. The number of nitrogens with zero attached hydrogens (tertiary/aromatic N) is 5. The zero-order valence-electron chi connectivity index (χ0n) is 12.9. The molecule has 2 aliphatic carbocycles. The normalized spacial score (nSPS) is 21.5. The molecule has 0 bridgehead atoms. The molecule has 0 radical (unpaired) electrons. The molecule has 3 aliphatic rings. The van der Waals surface area contributed by atoms with E-state index in [1.54, 1.807) is 10.7 Å².